The molecule has 0 heterocycles. The molecule has 2 rings (SSSR count). The Bertz CT molecular complexity index is 742. The van der Waals surface area contributed by atoms with Crippen molar-refractivity contribution in [2.24, 2.45) is 0 Å². The predicted octanol–water partition coefficient (Wildman–Crippen LogP) is 3.42. The molecule has 0 aromatic heterocycles. The van der Waals surface area contributed by atoms with E-state index in [0.29, 0.717) is 17.0 Å². The minimum absolute atomic E-state index is 0.0493. The summed E-state index contributed by atoms with van der Waals surface area (Å²) in [4.78, 5) is 2.33. The SMILES string of the molecule is CC(c1ccc(S(C)(=O)=O)cc1)N(C)Cc1ccccc1F. The summed E-state index contributed by atoms with van der Waals surface area (Å²) in [7, 11) is -1.26. The Morgan fingerprint density at radius 1 is 1.09 bits per heavy atom. The summed E-state index contributed by atoms with van der Waals surface area (Å²) in [5.74, 6) is -0.214. The lowest BCUT2D eigenvalue weighted by Gasteiger charge is -2.25. The van der Waals surface area contributed by atoms with E-state index < -0.39 is 9.84 Å². The van der Waals surface area contributed by atoms with Gasteiger partial charge in [0.05, 0.1) is 4.90 Å². The van der Waals surface area contributed by atoms with Gasteiger partial charge >= 0.3 is 0 Å². The maximum absolute atomic E-state index is 13.7. The van der Waals surface area contributed by atoms with Gasteiger partial charge in [0.15, 0.2) is 9.84 Å². The maximum atomic E-state index is 13.7. The summed E-state index contributed by atoms with van der Waals surface area (Å²) in [6, 6.07) is 13.6. The van der Waals surface area contributed by atoms with Gasteiger partial charge in [-0.1, -0.05) is 30.3 Å². The minimum Gasteiger partial charge on any atom is -0.295 e. The largest absolute Gasteiger partial charge is 0.295 e. The molecule has 2 aromatic rings. The van der Waals surface area contributed by atoms with Crippen LogP contribution in [-0.2, 0) is 16.4 Å². The Balaban J connectivity index is 2.14. The van der Waals surface area contributed by atoms with E-state index in [4.69, 9.17) is 0 Å². The van der Waals surface area contributed by atoms with Gasteiger partial charge < -0.3 is 0 Å². The monoisotopic (exact) mass is 321 g/mol. The molecule has 5 heteroatoms. The van der Waals surface area contributed by atoms with Gasteiger partial charge in [0.25, 0.3) is 0 Å². The Labute approximate surface area is 131 Å². The molecular formula is C17H20FNO2S. The van der Waals surface area contributed by atoms with Crippen molar-refractivity contribution in [3.63, 3.8) is 0 Å². The highest BCUT2D eigenvalue weighted by molar-refractivity contribution is 7.90. The van der Waals surface area contributed by atoms with E-state index in [0.717, 1.165) is 5.56 Å². The van der Waals surface area contributed by atoms with Crippen LogP contribution >= 0.6 is 0 Å². The molecule has 0 spiro atoms. The molecule has 0 radical (unpaired) electrons. The predicted molar refractivity (Wildman–Crippen MR) is 85.8 cm³/mol. The average molecular weight is 321 g/mol. The fourth-order valence-corrected chi connectivity index (χ4v) is 2.91. The van der Waals surface area contributed by atoms with Crippen LogP contribution in [0.5, 0.6) is 0 Å². The normalized spacial score (nSPS) is 13.3. The smallest absolute Gasteiger partial charge is 0.175 e. The van der Waals surface area contributed by atoms with E-state index in [2.05, 4.69) is 0 Å². The number of hydrogen-bond acceptors (Lipinski definition) is 3. The fraction of sp³-hybridized carbons (Fsp3) is 0.294. The lowest BCUT2D eigenvalue weighted by molar-refractivity contribution is 0.249. The van der Waals surface area contributed by atoms with Gasteiger partial charge in [-0.2, -0.15) is 0 Å². The first-order chi connectivity index (χ1) is 10.3. The van der Waals surface area contributed by atoms with Crippen molar-refractivity contribution in [2.45, 2.75) is 24.4 Å². The third kappa shape index (κ3) is 3.93. The van der Waals surface area contributed by atoms with E-state index in [1.165, 1.54) is 12.3 Å². The second-order valence-electron chi connectivity index (χ2n) is 5.52. The summed E-state index contributed by atoms with van der Waals surface area (Å²) in [6.07, 6.45) is 1.19. The second kappa shape index (κ2) is 6.58. The Morgan fingerprint density at radius 3 is 2.23 bits per heavy atom. The van der Waals surface area contributed by atoms with Crippen LogP contribution in [0.15, 0.2) is 53.4 Å². The van der Waals surface area contributed by atoms with Crippen LogP contribution in [0, 0.1) is 5.82 Å². The molecule has 1 unspecified atom stereocenters. The molecule has 0 aliphatic carbocycles. The standard InChI is InChI=1S/C17H20FNO2S/c1-13(14-8-10-16(11-9-14)22(3,20)21)19(2)12-15-6-4-5-7-17(15)18/h4-11,13H,12H2,1-3H3. The molecule has 0 aliphatic heterocycles. The summed E-state index contributed by atoms with van der Waals surface area (Å²) in [5, 5.41) is 0. The lowest BCUT2D eigenvalue weighted by atomic mass is 10.1. The first-order valence-electron chi connectivity index (χ1n) is 7.02. The molecule has 0 saturated carbocycles. The topological polar surface area (TPSA) is 37.4 Å². The molecule has 0 fully saturated rings. The van der Waals surface area contributed by atoms with E-state index in [9.17, 15) is 12.8 Å². The third-order valence-electron chi connectivity index (χ3n) is 3.83. The molecule has 0 bridgehead atoms. The molecule has 0 saturated heterocycles. The van der Waals surface area contributed by atoms with Gasteiger partial charge in [-0.3, -0.25) is 4.90 Å². The number of nitrogens with zero attached hydrogens (tertiary/aromatic N) is 1. The highest BCUT2D eigenvalue weighted by atomic mass is 32.2. The van der Waals surface area contributed by atoms with Crippen LogP contribution in [0.25, 0.3) is 0 Å². The Kier molecular flexibility index (Phi) is 4.98. The zero-order valence-corrected chi connectivity index (χ0v) is 13.8. The number of benzene rings is 2. The van der Waals surface area contributed by atoms with Gasteiger partial charge in [-0.25, -0.2) is 12.8 Å². The van der Waals surface area contributed by atoms with Gasteiger partial charge in [-0.15, -0.1) is 0 Å². The van der Waals surface area contributed by atoms with Crippen LogP contribution in [0.1, 0.15) is 24.1 Å². The van der Waals surface area contributed by atoms with Gasteiger partial charge in [0, 0.05) is 24.4 Å². The van der Waals surface area contributed by atoms with E-state index in [-0.39, 0.29) is 11.9 Å². The van der Waals surface area contributed by atoms with E-state index in [1.807, 2.05) is 24.9 Å². The first-order valence-corrected chi connectivity index (χ1v) is 8.92. The number of sulfone groups is 1. The maximum Gasteiger partial charge on any atom is 0.175 e. The zero-order chi connectivity index (χ0) is 16.3. The molecule has 0 amide bonds. The number of halogens is 1. The lowest BCUT2D eigenvalue weighted by Crippen LogP contribution is -2.22. The highest BCUT2D eigenvalue weighted by Crippen LogP contribution is 2.23. The van der Waals surface area contributed by atoms with Crippen molar-refractivity contribution in [2.75, 3.05) is 13.3 Å². The molecule has 2 aromatic carbocycles. The average Bonchev–Trinajstić information content (AvgIpc) is 2.48. The molecular weight excluding hydrogens is 301 g/mol. The summed E-state index contributed by atoms with van der Waals surface area (Å²) < 4.78 is 36.7. The summed E-state index contributed by atoms with van der Waals surface area (Å²) in [6.45, 7) is 2.50. The van der Waals surface area contributed by atoms with Gasteiger partial charge in [0.2, 0.25) is 0 Å². The zero-order valence-electron chi connectivity index (χ0n) is 13.0. The summed E-state index contributed by atoms with van der Waals surface area (Å²) in [5.41, 5.74) is 1.64. The van der Waals surface area contributed by atoms with Crippen LogP contribution in [0.3, 0.4) is 0 Å². The molecule has 118 valence electrons. The third-order valence-corrected chi connectivity index (χ3v) is 4.96. The molecule has 3 nitrogen and oxygen atoms in total. The Hall–Kier alpha value is -1.72. The molecule has 22 heavy (non-hydrogen) atoms. The molecule has 0 aliphatic rings. The van der Waals surface area contributed by atoms with E-state index >= 15 is 0 Å². The Morgan fingerprint density at radius 2 is 1.68 bits per heavy atom. The van der Waals surface area contributed by atoms with Crippen molar-refractivity contribution in [3.05, 3.63) is 65.5 Å². The quantitative estimate of drug-likeness (QED) is 0.847. The van der Waals surface area contributed by atoms with Crippen molar-refractivity contribution in [3.8, 4) is 0 Å². The summed E-state index contributed by atoms with van der Waals surface area (Å²) >= 11 is 0. The number of hydrogen-bond donors (Lipinski definition) is 0. The molecule has 1 atom stereocenters. The van der Waals surface area contributed by atoms with Crippen molar-refractivity contribution in [1.29, 1.82) is 0 Å². The van der Waals surface area contributed by atoms with Crippen molar-refractivity contribution < 1.29 is 12.8 Å². The van der Waals surface area contributed by atoms with Crippen molar-refractivity contribution in [1.82, 2.24) is 4.90 Å². The van der Waals surface area contributed by atoms with Crippen molar-refractivity contribution >= 4 is 9.84 Å². The van der Waals surface area contributed by atoms with E-state index in [1.54, 1.807) is 36.4 Å². The van der Waals surface area contributed by atoms with Gasteiger partial charge in [-0.05, 0) is 37.7 Å². The second-order valence-corrected chi connectivity index (χ2v) is 7.54. The minimum atomic E-state index is -3.18. The van der Waals surface area contributed by atoms with Gasteiger partial charge in [0.1, 0.15) is 5.82 Å². The van der Waals surface area contributed by atoms with Crippen LogP contribution in [0.2, 0.25) is 0 Å². The van der Waals surface area contributed by atoms with Crippen LogP contribution < -0.4 is 0 Å². The van der Waals surface area contributed by atoms with Crippen LogP contribution in [-0.4, -0.2) is 26.6 Å². The fourth-order valence-electron chi connectivity index (χ4n) is 2.28. The number of rotatable bonds is 5. The first kappa shape index (κ1) is 16.6. The molecule has 0 N–H and O–H groups in total. The van der Waals surface area contributed by atoms with Crippen LogP contribution in [0.4, 0.5) is 4.39 Å². The highest BCUT2D eigenvalue weighted by Gasteiger charge is 2.15.